The summed E-state index contributed by atoms with van der Waals surface area (Å²) < 4.78 is 13.7. The van der Waals surface area contributed by atoms with Crippen LogP contribution in [0.15, 0.2) is 42.5 Å². The first-order valence-electron chi connectivity index (χ1n) is 12.7. The molecule has 1 N–H and O–H groups in total. The molecule has 0 amide bonds. The molecule has 0 radical (unpaired) electrons. The van der Waals surface area contributed by atoms with E-state index >= 15 is 0 Å². The number of pyridine rings is 1. The fraction of sp³-hybridized carbons (Fsp3) is 0.321. The smallest absolute Gasteiger partial charge is 0.335 e. The first-order chi connectivity index (χ1) is 18.8. The largest absolute Gasteiger partial charge is 0.478 e. The molecule has 1 atom stereocenters. The zero-order chi connectivity index (χ0) is 27.1. The van der Waals surface area contributed by atoms with E-state index in [9.17, 15) is 9.90 Å². The number of fused-ring (bicyclic) bond motifs is 2. The van der Waals surface area contributed by atoms with Crippen molar-refractivity contribution in [1.82, 2.24) is 19.4 Å². The second-order valence-electron chi connectivity index (χ2n) is 9.81. The number of imidazole rings is 1. The van der Waals surface area contributed by atoms with Crippen molar-refractivity contribution < 1.29 is 19.4 Å². The molecule has 0 aliphatic carbocycles. The number of rotatable bonds is 8. The maximum Gasteiger partial charge on any atom is 0.335 e. The number of aromatic carboxylic acids is 1. The molecule has 4 aromatic rings. The molecule has 0 saturated carbocycles. The van der Waals surface area contributed by atoms with Gasteiger partial charge in [-0.3, -0.25) is 4.90 Å². The van der Waals surface area contributed by atoms with E-state index < -0.39 is 5.97 Å². The minimum Gasteiger partial charge on any atom is -0.478 e. The van der Waals surface area contributed by atoms with Gasteiger partial charge in [-0.2, -0.15) is 0 Å². The lowest BCUT2D eigenvalue weighted by Gasteiger charge is -2.30. The standard InChI is InChI=1S/C28H25Cl3N4O4/c29-20-3-1-16(9-21(20)30)15-39-27-22(31)10-17-5-7-34(13-24(17)33-27)14-26-32-23-4-2-18(28(36)37)11-25(23)35(26)12-19-6-8-38-19/h1-4,9-11,19H,5-8,12-15H2,(H,36,37)/t19-/m0/s1. The summed E-state index contributed by atoms with van der Waals surface area (Å²) in [5, 5.41) is 10.9. The topological polar surface area (TPSA) is 89.7 Å². The first kappa shape index (κ1) is 26.3. The van der Waals surface area contributed by atoms with Crippen LogP contribution in [0.25, 0.3) is 11.0 Å². The Balaban J connectivity index is 1.22. The number of halogens is 3. The van der Waals surface area contributed by atoms with Gasteiger partial charge < -0.3 is 19.1 Å². The fourth-order valence-corrected chi connectivity index (χ4v) is 5.50. The van der Waals surface area contributed by atoms with Gasteiger partial charge in [0.05, 0.1) is 51.5 Å². The Morgan fingerprint density at radius 1 is 1.08 bits per heavy atom. The van der Waals surface area contributed by atoms with Crippen LogP contribution < -0.4 is 4.74 Å². The summed E-state index contributed by atoms with van der Waals surface area (Å²) in [6, 6.07) is 12.3. The van der Waals surface area contributed by atoms with Crippen molar-refractivity contribution in [3.05, 3.63) is 85.7 Å². The van der Waals surface area contributed by atoms with E-state index in [-0.39, 0.29) is 18.3 Å². The molecule has 0 bridgehead atoms. The van der Waals surface area contributed by atoms with E-state index in [0.717, 1.165) is 59.7 Å². The Kier molecular flexibility index (Phi) is 7.39. The van der Waals surface area contributed by atoms with Gasteiger partial charge in [-0.05, 0) is 60.4 Å². The molecule has 0 spiro atoms. The fourth-order valence-electron chi connectivity index (χ4n) is 4.95. The van der Waals surface area contributed by atoms with Crippen LogP contribution in [0.4, 0.5) is 0 Å². The monoisotopic (exact) mass is 586 g/mol. The Morgan fingerprint density at radius 2 is 1.92 bits per heavy atom. The average molecular weight is 588 g/mol. The zero-order valence-corrected chi connectivity index (χ0v) is 23.1. The Bertz CT molecular complexity index is 1570. The molecule has 2 aromatic carbocycles. The lowest BCUT2D eigenvalue weighted by molar-refractivity contribution is -0.0592. The molecule has 6 rings (SSSR count). The Labute approximate surface area is 240 Å². The van der Waals surface area contributed by atoms with Crippen LogP contribution in [0.3, 0.4) is 0 Å². The van der Waals surface area contributed by atoms with Crippen molar-refractivity contribution in [2.24, 2.45) is 0 Å². The van der Waals surface area contributed by atoms with E-state index in [1.165, 1.54) is 0 Å². The van der Waals surface area contributed by atoms with E-state index in [0.29, 0.717) is 40.6 Å². The molecular formula is C28H25Cl3N4O4. The summed E-state index contributed by atoms with van der Waals surface area (Å²) in [4.78, 5) is 23.5. The summed E-state index contributed by atoms with van der Waals surface area (Å²) in [5.41, 5.74) is 4.69. The minimum absolute atomic E-state index is 0.107. The van der Waals surface area contributed by atoms with E-state index in [2.05, 4.69) is 9.47 Å². The van der Waals surface area contributed by atoms with Crippen LogP contribution in [0, 0.1) is 0 Å². The highest BCUT2D eigenvalue weighted by Gasteiger charge is 2.25. The average Bonchev–Trinajstić information content (AvgIpc) is 3.22. The van der Waals surface area contributed by atoms with E-state index in [1.54, 1.807) is 30.3 Å². The van der Waals surface area contributed by atoms with Crippen molar-refractivity contribution in [3.63, 3.8) is 0 Å². The number of benzene rings is 2. The zero-order valence-electron chi connectivity index (χ0n) is 20.9. The number of aromatic nitrogens is 3. The van der Waals surface area contributed by atoms with E-state index in [4.69, 9.17) is 54.2 Å². The molecule has 2 aromatic heterocycles. The number of carbonyl (C=O) groups is 1. The number of carboxylic acid groups (broad SMARTS) is 1. The quantitative estimate of drug-likeness (QED) is 0.270. The Hall–Kier alpha value is -2.88. The minimum atomic E-state index is -0.958. The highest BCUT2D eigenvalue weighted by molar-refractivity contribution is 6.42. The number of hydrogen-bond acceptors (Lipinski definition) is 6. The van der Waals surface area contributed by atoms with Crippen LogP contribution in [0.2, 0.25) is 15.1 Å². The molecule has 39 heavy (non-hydrogen) atoms. The number of ether oxygens (including phenoxy) is 2. The molecule has 8 nitrogen and oxygen atoms in total. The Morgan fingerprint density at radius 3 is 2.67 bits per heavy atom. The molecular weight excluding hydrogens is 563 g/mol. The third-order valence-electron chi connectivity index (χ3n) is 7.16. The van der Waals surface area contributed by atoms with Crippen molar-refractivity contribution in [2.75, 3.05) is 13.2 Å². The maximum absolute atomic E-state index is 11.6. The molecule has 1 fully saturated rings. The van der Waals surface area contributed by atoms with Crippen LogP contribution in [0.1, 0.15) is 39.4 Å². The van der Waals surface area contributed by atoms with Crippen molar-refractivity contribution in [3.8, 4) is 5.88 Å². The number of hydrogen-bond donors (Lipinski definition) is 1. The molecule has 2 aliphatic heterocycles. The lowest BCUT2D eigenvalue weighted by atomic mass is 10.1. The van der Waals surface area contributed by atoms with Gasteiger partial charge in [0.2, 0.25) is 5.88 Å². The van der Waals surface area contributed by atoms with Gasteiger partial charge in [0.1, 0.15) is 17.5 Å². The highest BCUT2D eigenvalue weighted by atomic mass is 35.5. The molecule has 4 heterocycles. The van der Waals surface area contributed by atoms with Gasteiger partial charge in [-0.1, -0.05) is 40.9 Å². The van der Waals surface area contributed by atoms with Crippen LogP contribution >= 0.6 is 34.8 Å². The van der Waals surface area contributed by atoms with Crippen molar-refractivity contribution in [1.29, 1.82) is 0 Å². The summed E-state index contributed by atoms with van der Waals surface area (Å²) in [7, 11) is 0. The number of nitrogens with zero attached hydrogens (tertiary/aromatic N) is 4. The van der Waals surface area contributed by atoms with Gasteiger partial charge in [-0.15, -0.1) is 0 Å². The predicted octanol–water partition coefficient (Wildman–Crippen LogP) is 6.02. The second-order valence-corrected chi connectivity index (χ2v) is 11.0. The summed E-state index contributed by atoms with van der Waals surface area (Å²) >= 11 is 18.6. The van der Waals surface area contributed by atoms with Gasteiger partial charge in [0.25, 0.3) is 0 Å². The van der Waals surface area contributed by atoms with Gasteiger partial charge in [0.15, 0.2) is 0 Å². The number of carboxylic acids is 1. The highest BCUT2D eigenvalue weighted by Crippen LogP contribution is 2.31. The summed E-state index contributed by atoms with van der Waals surface area (Å²) in [5.74, 6) is 0.288. The van der Waals surface area contributed by atoms with Crippen molar-refractivity contribution in [2.45, 2.75) is 45.2 Å². The molecule has 11 heteroatoms. The molecule has 0 unspecified atom stereocenters. The SMILES string of the molecule is O=C(O)c1ccc2nc(CN3CCc4cc(Cl)c(OCc5ccc(Cl)c(Cl)c5)nc4C3)n(C[C@@H]3CCO3)c2c1. The summed E-state index contributed by atoms with van der Waals surface area (Å²) in [6.07, 6.45) is 1.88. The van der Waals surface area contributed by atoms with Crippen molar-refractivity contribution >= 4 is 51.8 Å². The van der Waals surface area contributed by atoms with Crippen LogP contribution in [0.5, 0.6) is 5.88 Å². The maximum atomic E-state index is 11.6. The van der Waals surface area contributed by atoms with E-state index in [1.807, 2.05) is 12.1 Å². The normalized spacial score (nSPS) is 17.2. The lowest BCUT2D eigenvalue weighted by Crippen LogP contribution is -2.34. The third-order valence-corrected chi connectivity index (χ3v) is 8.17. The second kappa shape index (κ2) is 10.9. The molecule has 2 aliphatic rings. The van der Waals surface area contributed by atoms with Gasteiger partial charge in [0, 0.05) is 19.7 Å². The predicted molar refractivity (Wildman–Crippen MR) is 149 cm³/mol. The summed E-state index contributed by atoms with van der Waals surface area (Å²) in [6.45, 7) is 3.67. The first-order valence-corrected chi connectivity index (χ1v) is 13.8. The third kappa shape index (κ3) is 5.58. The molecule has 1 saturated heterocycles. The van der Waals surface area contributed by atoms with Gasteiger partial charge in [-0.25, -0.2) is 14.8 Å². The van der Waals surface area contributed by atoms with Crippen LogP contribution in [-0.4, -0.2) is 49.8 Å². The molecule has 202 valence electrons. The van der Waals surface area contributed by atoms with Gasteiger partial charge >= 0.3 is 5.97 Å². The van der Waals surface area contributed by atoms with Crippen LogP contribution in [-0.2, 0) is 37.4 Å².